The van der Waals surface area contributed by atoms with E-state index in [-0.39, 0.29) is 5.91 Å². The minimum Gasteiger partial charge on any atom is -0.396 e. The van der Waals surface area contributed by atoms with Crippen molar-refractivity contribution < 1.29 is 4.79 Å². The highest BCUT2D eigenvalue weighted by atomic mass is 16.2. The average Bonchev–Trinajstić information content (AvgIpc) is 2.50. The Bertz CT molecular complexity index is 320. The summed E-state index contributed by atoms with van der Waals surface area (Å²) in [7, 11) is 3.71. The zero-order chi connectivity index (χ0) is 11.3. The standard InChI is InChI=1S/C9H17N5O/c1-13(2)7-9(15)11-3-4-14-6-8(10)5-12-14/h5-6H,3-4,7,10H2,1-2H3,(H,11,15). The number of carbonyl (C=O) groups is 1. The maximum absolute atomic E-state index is 11.2. The van der Waals surface area contributed by atoms with Crippen LogP contribution in [0.25, 0.3) is 0 Å². The molecule has 15 heavy (non-hydrogen) atoms. The van der Waals surface area contributed by atoms with Crippen LogP contribution < -0.4 is 11.1 Å². The van der Waals surface area contributed by atoms with E-state index in [1.165, 1.54) is 0 Å². The van der Waals surface area contributed by atoms with Gasteiger partial charge in [-0.05, 0) is 14.1 Å². The molecule has 1 aromatic rings. The lowest BCUT2D eigenvalue weighted by molar-refractivity contribution is -0.121. The first-order valence-electron chi connectivity index (χ1n) is 4.77. The summed E-state index contributed by atoms with van der Waals surface area (Å²) in [6.07, 6.45) is 3.32. The molecule has 1 amide bonds. The van der Waals surface area contributed by atoms with Gasteiger partial charge in [-0.3, -0.25) is 9.48 Å². The smallest absolute Gasteiger partial charge is 0.234 e. The van der Waals surface area contributed by atoms with Gasteiger partial charge in [-0.15, -0.1) is 0 Å². The maximum Gasteiger partial charge on any atom is 0.234 e. The normalized spacial score (nSPS) is 10.6. The number of amides is 1. The number of carbonyl (C=O) groups excluding carboxylic acids is 1. The molecule has 0 unspecified atom stereocenters. The Morgan fingerprint density at radius 3 is 2.93 bits per heavy atom. The Morgan fingerprint density at radius 2 is 2.40 bits per heavy atom. The molecule has 0 aliphatic rings. The van der Waals surface area contributed by atoms with Crippen LogP contribution in [-0.4, -0.2) is 47.8 Å². The van der Waals surface area contributed by atoms with Gasteiger partial charge in [0.25, 0.3) is 0 Å². The number of hydrogen-bond donors (Lipinski definition) is 2. The van der Waals surface area contributed by atoms with Gasteiger partial charge in [0.1, 0.15) is 0 Å². The number of anilines is 1. The van der Waals surface area contributed by atoms with Crippen LogP contribution >= 0.6 is 0 Å². The van der Waals surface area contributed by atoms with Crippen molar-refractivity contribution in [2.45, 2.75) is 6.54 Å². The third kappa shape index (κ3) is 4.46. The maximum atomic E-state index is 11.2. The lowest BCUT2D eigenvalue weighted by atomic mass is 10.5. The predicted octanol–water partition coefficient (Wildman–Crippen LogP) is -0.857. The molecule has 0 spiro atoms. The highest BCUT2D eigenvalue weighted by Gasteiger charge is 2.01. The monoisotopic (exact) mass is 211 g/mol. The molecule has 0 radical (unpaired) electrons. The summed E-state index contributed by atoms with van der Waals surface area (Å²) < 4.78 is 1.70. The molecule has 0 saturated heterocycles. The second-order valence-electron chi connectivity index (χ2n) is 3.62. The topological polar surface area (TPSA) is 76.2 Å². The lowest BCUT2D eigenvalue weighted by Crippen LogP contribution is -2.35. The van der Waals surface area contributed by atoms with Gasteiger partial charge >= 0.3 is 0 Å². The van der Waals surface area contributed by atoms with Crippen LogP contribution in [0.5, 0.6) is 0 Å². The Morgan fingerprint density at radius 1 is 1.67 bits per heavy atom. The molecule has 0 atom stereocenters. The van der Waals surface area contributed by atoms with E-state index in [2.05, 4.69) is 10.4 Å². The van der Waals surface area contributed by atoms with E-state index in [0.29, 0.717) is 25.3 Å². The molecule has 1 aromatic heterocycles. The zero-order valence-corrected chi connectivity index (χ0v) is 9.10. The second-order valence-corrected chi connectivity index (χ2v) is 3.62. The molecule has 3 N–H and O–H groups in total. The van der Waals surface area contributed by atoms with Gasteiger partial charge in [0.05, 0.1) is 25.0 Å². The van der Waals surface area contributed by atoms with Gasteiger partial charge in [0, 0.05) is 12.7 Å². The molecule has 0 fully saturated rings. The number of likely N-dealkylation sites (N-methyl/N-ethyl adjacent to an activating group) is 1. The summed E-state index contributed by atoms with van der Waals surface area (Å²) in [4.78, 5) is 13.1. The third-order valence-electron chi connectivity index (χ3n) is 1.78. The summed E-state index contributed by atoms with van der Waals surface area (Å²) in [5.41, 5.74) is 6.13. The molecular weight excluding hydrogens is 194 g/mol. The summed E-state index contributed by atoms with van der Waals surface area (Å²) in [6.45, 7) is 1.60. The number of nitrogens with two attached hydrogens (primary N) is 1. The van der Waals surface area contributed by atoms with Gasteiger partial charge in [-0.2, -0.15) is 5.10 Å². The van der Waals surface area contributed by atoms with Gasteiger partial charge in [-0.25, -0.2) is 0 Å². The first-order valence-corrected chi connectivity index (χ1v) is 4.77. The van der Waals surface area contributed by atoms with Crippen LogP contribution in [0.15, 0.2) is 12.4 Å². The molecule has 84 valence electrons. The second kappa shape index (κ2) is 5.35. The number of aromatic nitrogens is 2. The third-order valence-corrected chi connectivity index (χ3v) is 1.78. The van der Waals surface area contributed by atoms with E-state index in [9.17, 15) is 4.79 Å². The number of nitrogens with one attached hydrogen (secondary N) is 1. The largest absolute Gasteiger partial charge is 0.396 e. The van der Waals surface area contributed by atoms with Crippen LogP contribution in [0.4, 0.5) is 5.69 Å². The molecule has 6 heteroatoms. The summed E-state index contributed by atoms with van der Waals surface area (Å²) in [6, 6.07) is 0. The Kier molecular flexibility index (Phi) is 4.11. The van der Waals surface area contributed by atoms with E-state index < -0.39 is 0 Å². The first-order chi connectivity index (χ1) is 7.08. The lowest BCUT2D eigenvalue weighted by Gasteiger charge is -2.09. The van der Waals surface area contributed by atoms with Gasteiger partial charge in [-0.1, -0.05) is 0 Å². The van der Waals surface area contributed by atoms with E-state index in [0.717, 1.165) is 0 Å². The number of nitrogen functional groups attached to an aromatic ring is 1. The quantitative estimate of drug-likeness (QED) is 0.664. The molecular formula is C9H17N5O. The summed E-state index contributed by atoms with van der Waals surface area (Å²) in [5, 5.41) is 6.79. The fourth-order valence-corrected chi connectivity index (χ4v) is 1.15. The summed E-state index contributed by atoms with van der Waals surface area (Å²) in [5.74, 6) is 0.0140. The Balaban J connectivity index is 2.19. The van der Waals surface area contributed by atoms with Crippen molar-refractivity contribution in [2.75, 3.05) is 32.9 Å². The van der Waals surface area contributed by atoms with Crippen molar-refractivity contribution in [1.82, 2.24) is 20.0 Å². The van der Waals surface area contributed by atoms with Crippen molar-refractivity contribution in [1.29, 1.82) is 0 Å². The molecule has 1 rings (SSSR count). The minimum atomic E-state index is 0.0140. The highest BCUT2D eigenvalue weighted by molar-refractivity contribution is 5.77. The number of nitrogens with zero attached hydrogens (tertiary/aromatic N) is 3. The number of rotatable bonds is 5. The molecule has 0 bridgehead atoms. The van der Waals surface area contributed by atoms with Crippen molar-refractivity contribution >= 4 is 11.6 Å². The van der Waals surface area contributed by atoms with Crippen LogP contribution in [0.2, 0.25) is 0 Å². The zero-order valence-electron chi connectivity index (χ0n) is 9.10. The SMILES string of the molecule is CN(C)CC(=O)NCCn1cc(N)cn1. The molecule has 6 nitrogen and oxygen atoms in total. The number of hydrogen-bond acceptors (Lipinski definition) is 4. The fraction of sp³-hybridized carbons (Fsp3) is 0.556. The Labute approximate surface area is 89.0 Å². The van der Waals surface area contributed by atoms with Crippen molar-refractivity contribution in [3.8, 4) is 0 Å². The van der Waals surface area contributed by atoms with Crippen LogP contribution in [0, 0.1) is 0 Å². The fourth-order valence-electron chi connectivity index (χ4n) is 1.15. The van der Waals surface area contributed by atoms with Crippen LogP contribution in [-0.2, 0) is 11.3 Å². The van der Waals surface area contributed by atoms with Crippen LogP contribution in [0.3, 0.4) is 0 Å². The summed E-state index contributed by atoms with van der Waals surface area (Å²) >= 11 is 0. The molecule has 1 heterocycles. The van der Waals surface area contributed by atoms with E-state index in [1.54, 1.807) is 17.1 Å². The van der Waals surface area contributed by atoms with E-state index in [4.69, 9.17) is 5.73 Å². The van der Waals surface area contributed by atoms with Crippen molar-refractivity contribution in [3.63, 3.8) is 0 Å². The van der Waals surface area contributed by atoms with Crippen molar-refractivity contribution in [2.24, 2.45) is 0 Å². The predicted molar refractivity (Wildman–Crippen MR) is 58.2 cm³/mol. The van der Waals surface area contributed by atoms with Crippen LogP contribution in [0.1, 0.15) is 0 Å². The first kappa shape index (κ1) is 11.5. The molecule has 0 aromatic carbocycles. The molecule has 0 aliphatic carbocycles. The van der Waals surface area contributed by atoms with Crippen molar-refractivity contribution in [3.05, 3.63) is 12.4 Å². The van der Waals surface area contributed by atoms with Gasteiger partial charge in [0.2, 0.25) is 5.91 Å². The minimum absolute atomic E-state index is 0.0140. The van der Waals surface area contributed by atoms with E-state index >= 15 is 0 Å². The molecule has 0 aliphatic heterocycles. The highest BCUT2D eigenvalue weighted by Crippen LogP contribution is 1.96. The molecule has 0 saturated carbocycles. The average molecular weight is 211 g/mol. The van der Waals surface area contributed by atoms with Gasteiger partial charge < -0.3 is 16.0 Å². The van der Waals surface area contributed by atoms with Gasteiger partial charge in [0.15, 0.2) is 0 Å². The van der Waals surface area contributed by atoms with E-state index in [1.807, 2.05) is 19.0 Å². The Hall–Kier alpha value is -1.56.